The lowest BCUT2D eigenvalue weighted by atomic mass is 10.3. The van der Waals surface area contributed by atoms with Crippen LogP contribution in [0.25, 0.3) is 0 Å². The van der Waals surface area contributed by atoms with E-state index in [4.69, 9.17) is 23.2 Å². The first-order valence-corrected chi connectivity index (χ1v) is 5.36. The van der Waals surface area contributed by atoms with Gasteiger partial charge in [0.15, 0.2) is 10.3 Å². The summed E-state index contributed by atoms with van der Waals surface area (Å²) in [5.74, 6) is -0.374. The van der Waals surface area contributed by atoms with E-state index in [1.165, 1.54) is 12.4 Å². The Morgan fingerprint density at radius 3 is 2.94 bits per heavy atom. The number of aromatic amines is 1. The van der Waals surface area contributed by atoms with Crippen LogP contribution in [0.5, 0.6) is 0 Å². The maximum Gasteiger partial charge on any atom is 0.254 e. The molecule has 0 spiro atoms. The summed E-state index contributed by atoms with van der Waals surface area (Å²) in [7, 11) is 0. The molecule has 0 fully saturated rings. The van der Waals surface area contributed by atoms with Crippen molar-refractivity contribution in [1.82, 2.24) is 25.5 Å². The fraction of sp³-hybridized carbons (Fsp3) is 0.111. The van der Waals surface area contributed by atoms with E-state index in [0.717, 1.165) is 5.69 Å². The maximum atomic E-state index is 11.8. The van der Waals surface area contributed by atoms with Gasteiger partial charge in [0.25, 0.3) is 5.91 Å². The first-order valence-electron chi connectivity index (χ1n) is 4.61. The molecule has 0 unspecified atom stereocenters. The number of nitrogens with one attached hydrogen (secondary N) is 2. The van der Waals surface area contributed by atoms with Crippen LogP contribution in [0.15, 0.2) is 18.6 Å². The minimum atomic E-state index is -0.374. The van der Waals surface area contributed by atoms with Crippen LogP contribution in [0.4, 0.5) is 0 Å². The summed E-state index contributed by atoms with van der Waals surface area (Å²) in [6.45, 7) is 0.315. The number of hydrogen-bond acceptors (Lipinski definition) is 4. The van der Waals surface area contributed by atoms with Crippen LogP contribution >= 0.6 is 23.2 Å². The highest BCUT2D eigenvalue weighted by Crippen LogP contribution is 2.15. The van der Waals surface area contributed by atoms with Crippen molar-refractivity contribution in [3.05, 3.63) is 40.2 Å². The van der Waals surface area contributed by atoms with Crippen LogP contribution in [-0.2, 0) is 6.54 Å². The Morgan fingerprint density at radius 1 is 1.41 bits per heavy atom. The van der Waals surface area contributed by atoms with Gasteiger partial charge in [0.05, 0.1) is 24.1 Å². The van der Waals surface area contributed by atoms with Crippen LogP contribution < -0.4 is 5.32 Å². The number of nitrogens with zero attached hydrogens (tertiary/aromatic N) is 3. The topological polar surface area (TPSA) is 83.6 Å². The molecule has 2 N–H and O–H groups in total. The highest BCUT2D eigenvalue weighted by molar-refractivity contribution is 6.34. The number of hydrogen-bond donors (Lipinski definition) is 2. The number of H-pyrrole nitrogens is 1. The molecule has 0 aromatic carbocycles. The Hall–Kier alpha value is -1.66. The van der Waals surface area contributed by atoms with Gasteiger partial charge in [-0.25, -0.2) is 4.98 Å². The number of carbonyl (C=O) groups is 1. The lowest BCUT2D eigenvalue weighted by molar-refractivity contribution is 0.0950. The minimum Gasteiger partial charge on any atom is -0.347 e. The molecule has 2 aromatic rings. The molecule has 0 saturated carbocycles. The summed E-state index contributed by atoms with van der Waals surface area (Å²) in [6.07, 6.45) is 3.14. The Bertz CT molecular complexity index is 528. The van der Waals surface area contributed by atoms with Gasteiger partial charge in [-0.3, -0.25) is 4.79 Å². The lowest BCUT2D eigenvalue weighted by Gasteiger charge is -2.04. The Morgan fingerprint density at radius 2 is 2.24 bits per heavy atom. The molecule has 8 heteroatoms. The molecule has 0 saturated heterocycles. The largest absolute Gasteiger partial charge is 0.347 e. The third-order valence-electron chi connectivity index (χ3n) is 1.96. The van der Waals surface area contributed by atoms with Crippen molar-refractivity contribution in [2.75, 3.05) is 0 Å². The highest BCUT2D eigenvalue weighted by atomic mass is 35.5. The molecular formula is C9H7Cl2N5O. The second kappa shape index (κ2) is 5.11. The van der Waals surface area contributed by atoms with Crippen LogP contribution in [-0.4, -0.2) is 26.1 Å². The molecule has 88 valence electrons. The zero-order valence-corrected chi connectivity index (χ0v) is 9.96. The third kappa shape index (κ3) is 2.92. The van der Waals surface area contributed by atoms with E-state index < -0.39 is 0 Å². The third-order valence-corrected chi connectivity index (χ3v) is 2.42. The van der Waals surface area contributed by atoms with Gasteiger partial charge >= 0.3 is 0 Å². The van der Waals surface area contributed by atoms with E-state index in [2.05, 4.69) is 25.5 Å². The van der Waals surface area contributed by atoms with Crippen LogP contribution in [0.2, 0.25) is 10.3 Å². The Balaban J connectivity index is 2.07. The van der Waals surface area contributed by atoms with Gasteiger partial charge in [0.1, 0.15) is 0 Å². The van der Waals surface area contributed by atoms with Crippen molar-refractivity contribution < 1.29 is 4.79 Å². The molecule has 2 aromatic heterocycles. The molecular weight excluding hydrogens is 265 g/mol. The van der Waals surface area contributed by atoms with E-state index in [-0.39, 0.29) is 21.8 Å². The number of carbonyl (C=O) groups excluding carboxylic acids is 1. The van der Waals surface area contributed by atoms with Crippen molar-refractivity contribution in [2.45, 2.75) is 6.54 Å². The Kier molecular flexibility index (Phi) is 3.55. The summed E-state index contributed by atoms with van der Waals surface area (Å²) < 4.78 is 0. The van der Waals surface area contributed by atoms with E-state index in [1.807, 2.05) is 0 Å². The standard InChI is InChI=1S/C9H7Cl2N5O/c10-7-1-6(8(11)16-15-7)9(17)13-3-5-2-12-4-14-5/h1-2,4H,3H2,(H,12,14)(H,13,17). The van der Waals surface area contributed by atoms with E-state index in [1.54, 1.807) is 6.20 Å². The van der Waals surface area contributed by atoms with Gasteiger partial charge < -0.3 is 10.3 Å². The quantitative estimate of drug-likeness (QED) is 0.885. The number of aromatic nitrogens is 4. The molecule has 17 heavy (non-hydrogen) atoms. The zero-order chi connectivity index (χ0) is 12.3. The number of amides is 1. The normalized spacial score (nSPS) is 10.2. The second-order valence-electron chi connectivity index (χ2n) is 3.13. The van der Waals surface area contributed by atoms with E-state index >= 15 is 0 Å². The molecule has 0 aliphatic carbocycles. The van der Waals surface area contributed by atoms with Gasteiger partial charge in [-0.05, 0) is 6.07 Å². The number of imidazole rings is 1. The second-order valence-corrected chi connectivity index (χ2v) is 3.88. The van der Waals surface area contributed by atoms with Crippen molar-refractivity contribution in [2.24, 2.45) is 0 Å². The predicted molar refractivity (Wildman–Crippen MR) is 61.8 cm³/mol. The molecule has 0 radical (unpaired) electrons. The van der Waals surface area contributed by atoms with Crippen molar-refractivity contribution >= 4 is 29.1 Å². The lowest BCUT2D eigenvalue weighted by Crippen LogP contribution is -2.23. The molecule has 2 heterocycles. The van der Waals surface area contributed by atoms with Gasteiger partial charge in [-0.2, -0.15) is 0 Å². The smallest absolute Gasteiger partial charge is 0.254 e. The van der Waals surface area contributed by atoms with Crippen LogP contribution in [0, 0.1) is 0 Å². The van der Waals surface area contributed by atoms with Crippen molar-refractivity contribution in [3.8, 4) is 0 Å². The number of halogens is 2. The molecule has 2 rings (SSSR count). The molecule has 0 aliphatic rings. The monoisotopic (exact) mass is 271 g/mol. The fourth-order valence-corrected chi connectivity index (χ4v) is 1.49. The first kappa shape index (κ1) is 11.8. The van der Waals surface area contributed by atoms with Crippen LogP contribution in [0.3, 0.4) is 0 Å². The van der Waals surface area contributed by atoms with Gasteiger partial charge in [-0.15, -0.1) is 10.2 Å². The summed E-state index contributed by atoms with van der Waals surface area (Å²) in [5, 5.41) is 9.84. The van der Waals surface area contributed by atoms with Crippen molar-refractivity contribution in [1.29, 1.82) is 0 Å². The van der Waals surface area contributed by atoms with E-state index in [9.17, 15) is 4.79 Å². The average Bonchev–Trinajstić information content (AvgIpc) is 2.82. The minimum absolute atomic E-state index is 0.0107. The Labute approximate surface area is 106 Å². The predicted octanol–water partition coefficient (Wildman–Crippen LogP) is 1.44. The van der Waals surface area contributed by atoms with Gasteiger partial charge in [0, 0.05) is 6.20 Å². The number of rotatable bonds is 3. The molecule has 6 nitrogen and oxygen atoms in total. The maximum absolute atomic E-state index is 11.8. The SMILES string of the molecule is O=C(NCc1cnc[nH]1)c1cc(Cl)nnc1Cl. The fourth-order valence-electron chi connectivity index (χ4n) is 1.16. The molecule has 0 aliphatic heterocycles. The molecule has 0 bridgehead atoms. The van der Waals surface area contributed by atoms with Gasteiger partial charge in [0.2, 0.25) is 0 Å². The average molecular weight is 272 g/mol. The zero-order valence-electron chi connectivity index (χ0n) is 8.44. The summed E-state index contributed by atoms with van der Waals surface area (Å²) in [6, 6.07) is 1.36. The molecule has 1 amide bonds. The first-order chi connectivity index (χ1) is 8.16. The highest BCUT2D eigenvalue weighted by Gasteiger charge is 2.12. The van der Waals surface area contributed by atoms with E-state index in [0.29, 0.717) is 6.54 Å². The van der Waals surface area contributed by atoms with Crippen LogP contribution in [0.1, 0.15) is 16.1 Å². The summed E-state index contributed by atoms with van der Waals surface area (Å²) in [5.41, 5.74) is 0.966. The van der Waals surface area contributed by atoms with Gasteiger partial charge in [-0.1, -0.05) is 23.2 Å². The van der Waals surface area contributed by atoms with Crippen molar-refractivity contribution in [3.63, 3.8) is 0 Å². The summed E-state index contributed by atoms with van der Waals surface area (Å²) >= 11 is 11.4. The summed E-state index contributed by atoms with van der Waals surface area (Å²) in [4.78, 5) is 18.4. The molecule has 0 atom stereocenters.